The van der Waals surface area contributed by atoms with Crippen LogP contribution in [0.3, 0.4) is 0 Å². The maximum Gasteiger partial charge on any atom is 0.160 e. The van der Waals surface area contributed by atoms with E-state index in [0.29, 0.717) is 41.3 Å². The summed E-state index contributed by atoms with van der Waals surface area (Å²) < 4.78 is 0. The van der Waals surface area contributed by atoms with E-state index in [9.17, 15) is 9.90 Å². The molecule has 4 saturated carbocycles. The number of aromatic amines is 1. The van der Waals surface area contributed by atoms with Gasteiger partial charge in [0.25, 0.3) is 0 Å². The summed E-state index contributed by atoms with van der Waals surface area (Å²) in [4.78, 5) is 22.8. The van der Waals surface area contributed by atoms with Crippen LogP contribution in [0.15, 0.2) is 47.7 Å². The molecule has 0 radical (unpaired) electrons. The fourth-order valence-electron chi connectivity index (χ4n) is 11.8. The number of aromatic nitrogens is 2. The standard InChI is InChI=1S/C37H50N2O2.C2H6/c1-22(2)31-29(41)20-37(33-38-21-27(39-33)24-10-8-7-9-11-24)19-18-35(5)26(32(31)37)12-13-30-34(4)16-15-28(40)23(3)25(34)14-17-36(30,35)6;1-2/h7-11,21-23,25-26,28,30,40H,12-20H2,1-6H3,(H,38,39);1-2H3/t23?,25?,26?,28?,30?,34?,35-,36?,37?;/m1./s1. The van der Waals surface area contributed by atoms with Gasteiger partial charge in [-0.25, -0.2) is 4.98 Å². The van der Waals surface area contributed by atoms with Crippen molar-refractivity contribution in [2.45, 2.75) is 125 Å². The second-order valence-corrected chi connectivity index (χ2v) is 15.8. The topological polar surface area (TPSA) is 66.0 Å². The summed E-state index contributed by atoms with van der Waals surface area (Å²) in [7, 11) is 0. The molecule has 5 aliphatic carbocycles. The van der Waals surface area contributed by atoms with Gasteiger partial charge in [-0.15, -0.1) is 0 Å². The molecule has 1 heterocycles. The SMILES string of the molecule is CC.CC(C)C1=C2C3CCC4C5(C)CCC(O)C(C)C5CCC4(C)[C@]3(C)CCC2(c2ncc(-c3ccccc3)[nH]2)CC1=O. The van der Waals surface area contributed by atoms with Gasteiger partial charge >= 0.3 is 0 Å². The third-order valence-electron chi connectivity index (χ3n) is 14.1. The van der Waals surface area contributed by atoms with Crippen molar-refractivity contribution in [1.29, 1.82) is 0 Å². The number of hydrogen-bond donors (Lipinski definition) is 2. The number of H-pyrrole nitrogens is 1. The van der Waals surface area contributed by atoms with E-state index in [1.54, 1.807) is 0 Å². The van der Waals surface area contributed by atoms with Crippen LogP contribution in [-0.4, -0.2) is 27.0 Å². The molecule has 2 N–H and O–H groups in total. The number of rotatable bonds is 3. The van der Waals surface area contributed by atoms with Crippen LogP contribution < -0.4 is 0 Å². The zero-order chi connectivity index (χ0) is 30.9. The number of fused-ring (bicyclic) bond motifs is 7. The van der Waals surface area contributed by atoms with Crippen LogP contribution in [0.1, 0.15) is 119 Å². The zero-order valence-electron chi connectivity index (χ0n) is 28.1. The Kier molecular flexibility index (Phi) is 7.67. The molecule has 0 spiro atoms. The molecule has 4 heteroatoms. The number of carbonyl (C=O) groups excluding carboxylic acids is 1. The number of benzene rings is 1. The minimum atomic E-state index is -0.304. The van der Waals surface area contributed by atoms with E-state index >= 15 is 0 Å². The Balaban J connectivity index is 0.00000161. The molecule has 7 rings (SSSR count). The van der Waals surface area contributed by atoms with Crippen molar-refractivity contribution in [3.63, 3.8) is 0 Å². The average molecular weight is 585 g/mol. The highest BCUT2D eigenvalue weighted by Crippen LogP contribution is 2.75. The molecule has 0 aliphatic heterocycles. The van der Waals surface area contributed by atoms with E-state index in [-0.39, 0.29) is 28.3 Å². The number of carbonyl (C=O) groups is 1. The summed E-state index contributed by atoms with van der Waals surface area (Å²) in [5.41, 5.74) is 5.14. The first-order valence-corrected chi connectivity index (χ1v) is 17.5. The molecule has 43 heavy (non-hydrogen) atoms. The number of nitrogens with zero attached hydrogens (tertiary/aromatic N) is 1. The summed E-state index contributed by atoms with van der Waals surface area (Å²) in [6.07, 6.45) is 11.5. The third-order valence-corrected chi connectivity index (χ3v) is 14.1. The first kappa shape index (κ1) is 30.8. The van der Waals surface area contributed by atoms with Crippen LogP contribution >= 0.6 is 0 Å². The number of aliphatic hydroxyl groups excluding tert-OH is 1. The van der Waals surface area contributed by atoms with Gasteiger partial charge in [-0.05, 0) is 114 Å². The molecular formula is C39H56N2O2. The Morgan fingerprint density at radius 1 is 0.930 bits per heavy atom. The fraction of sp³-hybridized carbons (Fsp3) is 0.692. The first-order chi connectivity index (χ1) is 20.5. The molecule has 0 saturated heterocycles. The van der Waals surface area contributed by atoms with Crippen molar-refractivity contribution in [2.24, 2.45) is 45.8 Å². The Hall–Kier alpha value is -2.20. The molecule has 5 aliphatic rings. The van der Waals surface area contributed by atoms with Crippen LogP contribution in [0.4, 0.5) is 0 Å². The Morgan fingerprint density at radius 2 is 1.65 bits per heavy atom. The summed E-state index contributed by atoms with van der Waals surface area (Å²) in [6.45, 7) is 18.6. The Morgan fingerprint density at radius 3 is 2.35 bits per heavy atom. The van der Waals surface area contributed by atoms with E-state index in [1.807, 2.05) is 26.1 Å². The molecule has 234 valence electrons. The second kappa shape index (κ2) is 10.7. The molecule has 1 aromatic carbocycles. The van der Waals surface area contributed by atoms with Gasteiger partial charge in [-0.2, -0.15) is 0 Å². The van der Waals surface area contributed by atoms with Crippen molar-refractivity contribution >= 4 is 5.78 Å². The normalized spacial score (nSPS) is 42.0. The number of allylic oxidation sites excluding steroid dienone is 2. The summed E-state index contributed by atoms with van der Waals surface area (Å²) >= 11 is 0. The van der Waals surface area contributed by atoms with Gasteiger partial charge in [0, 0.05) is 6.42 Å². The van der Waals surface area contributed by atoms with Crippen molar-refractivity contribution in [3.8, 4) is 11.3 Å². The van der Waals surface area contributed by atoms with Gasteiger partial charge in [0.2, 0.25) is 0 Å². The van der Waals surface area contributed by atoms with Gasteiger partial charge in [-0.3, -0.25) is 4.79 Å². The minimum absolute atomic E-state index is 0.142. The Labute approximate surface area is 260 Å². The summed E-state index contributed by atoms with van der Waals surface area (Å²) in [5.74, 6) is 3.69. The lowest BCUT2D eigenvalue weighted by molar-refractivity contribution is -0.209. The fourth-order valence-corrected chi connectivity index (χ4v) is 11.8. The van der Waals surface area contributed by atoms with Crippen LogP contribution in [0.5, 0.6) is 0 Å². The van der Waals surface area contributed by atoms with Crippen LogP contribution in [0.25, 0.3) is 11.3 Å². The van der Waals surface area contributed by atoms with E-state index < -0.39 is 0 Å². The van der Waals surface area contributed by atoms with E-state index in [2.05, 4.69) is 70.8 Å². The monoisotopic (exact) mass is 584 g/mol. The Bertz CT molecular complexity index is 1390. The van der Waals surface area contributed by atoms with Crippen molar-refractivity contribution in [2.75, 3.05) is 0 Å². The predicted molar refractivity (Wildman–Crippen MR) is 175 cm³/mol. The molecular weight excluding hydrogens is 528 g/mol. The summed E-state index contributed by atoms with van der Waals surface area (Å²) in [6, 6.07) is 10.5. The third kappa shape index (κ3) is 4.17. The van der Waals surface area contributed by atoms with Crippen molar-refractivity contribution < 1.29 is 9.90 Å². The van der Waals surface area contributed by atoms with Crippen LogP contribution in [0, 0.1) is 45.8 Å². The highest BCUT2D eigenvalue weighted by molar-refractivity contribution is 6.01. The summed E-state index contributed by atoms with van der Waals surface area (Å²) in [5, 5.41) is 10.8. The van der Waals surface area contributed by atoms with Crippen LogP contribution in [-0.2, 0) is 10.2 Å². The predicted octanol–water partition coefficient (Wildman–Crippen LogP) is 9.31. The lowest BCUT2D eigenvalue weighted by atomic mass is 9.34. The first-order valence-electron chi connectivity index (χ1n) is 17.5. The smallest absolute Gasteiger partial charge is 0.160 e. The van der Waals surface area contributed by atoms with E-state index in [0.717, 1.165) is 48.3 Å². The molecule has 4 nitrogen and oxygen atoms in total. The van der Waals surface area contributed by atoms with Crippen LogP contribution in [0.2, 0.25) is 0 Å². The number of Topliss-reactive ketones (excluding diaryl/α,β-unsaturated/α-hetero) is 1. The maximum absolute atomic E-state index is 14.0. The quantitative estimate of drug-likeness (QED) is 0.378. The number of hydrogen-bond acceptors (Lipinski definition) is 3. The average Bonchev–Trinajstić information content (AvgIpc) is 3.61. The molecule has 1 aromatic heterocycles. The molecule has 0 bridgehead atoms. The number of nitrogens with one attached hydrogen (secondary N) is 1. The highest BCUT2D eigenvalue weighted by Gasteiger charge is 2.69. The second-order valence-electron chi connectivity index (χ2n) is 15.8. The minimum Gasteiger partial charge on any atom is -0.393 e. The maximum atomic E-state index is 14.0. The van der Waals surface area contributed by atoms with E-state index in [4.69, 9.17) is 4.98 Å². The highest BCUT2D eigenvalue weighted by atomic mass is 16.3. The molecule has 4 fully saturated rings. The molecule has 2 aromatic rings. The zero-order valence-corrected chi connectivity index (χ0v) is 28.1. The van der Waals surface area contributed by atoms with Gasteiger partial charge < -0.3 is 10.1 Å². The largest absolute Gasteiger partial charge is 0.393 e. The molecule has 8 unspecified atom stereocenters. The number of imidazole rings is 1. The molecule has 0 amide bonds. The van der Waals surface area contributed by atoms with Gasteiger partial charge in [-0.1, -0.05) is 85.7 Å². The van der Waals surface area contributed by atoms with Gasteiger partial charge in [0.05, 0.1) is 23.4 Å². The number of ketones is 1. The van der Waals surface area contributed by atoms with E-state index in [1.165, 1.54) is 31.3 Å². The van der Waals surface area contributed by atoms with Crippen molar-refractivity contribution in [1.82, 2.24) is 9.97 Å². The lowest BCUT2D eigenvalue weighted by Gasteiger charge is -2.71. The van der Waals surface area contributed by atoms with Gasteiger partial charge in [0.15, 0.2) is 5.78 Å². The number of aliphatic hydroxyl groups is 1. The van der Waals surface area contributed by atoms with Crippen molar-refractivity contribution in [3.05, 3.63) is 53.5 Å². The molecule has 9 atom stereocenters. The lowest BCUT2D eigenvalue weighted by Crippen LogP contribution is -2.64. The van der Waals surface area contributed by atoms with Gasteiger partial charge in [0.1, 0.15) is 5.82 Å².